The van der Waals surface area contributed by atoms with E-state index in [1.807, 2.05) is 18.2 Å². The third-order valence-corrected chi connectivity index (χ3v) is 4.14. The Morgan fingerprint density at radius 3 is 2.89 bits per heavy atom. The fourth-order valence-corrected chi connectivity index (χ4v) is 3.14. The van der Waals surface area contributed by atoms with Gasteiger partial charge >= 0.3 is 0 Å². The third-order valence-electron chi connectivity index (χ3n) is 3.41. The van der Waals surface area contributed by atoms with Gasteiger partial charge in [0, 0.05) is 34.3 Å². The smallest absolute Gasteiger partial charge is 0.0494 e. The SMILES string of the molecule is N[C@H]1CN(Cc2cccc(Cl)c2)c2ccc(Br)cc21. The summed E-state index contributed by atoms with van der Waals surface area (Å²) in [6.07, 6.45) is 0. The maximum absolute atomic E-state index is 6.20. The summed E-state index contributed by atoms with van der Waals surface area (Å²) in [6, 6.07) is 14.3. The van der Waals surface area contributed by atoms with Crippen LogP contribution in [-0.4, -0.2) is 6.54 Å². The van der Waals surface area contributed by atoms with E-state index in [1.54, 1.807) is 0 Å². The summed E-state index contributed by atoms with van der Waals surface area (Å²) in [7, 11) is 0. The second kappa shape index (κ2) is 5.16. The molecule has 2 nitrogen and oxygen atoms in total. The van der Waals surface area contributed by atoms with Crippen LogP contribution in [0.2, 0.25) is 5.02 Å². The predicted molar refractivity (Wildman–Crippen MR) is 83.6 cm³/mol. The molecule has 4 heteroatoms. The van der Waals surface area contributed by atoms with E-state index in [0.29, 0.717) is 0 Å². The van der Waals surface area contributed by atoms with Crippen LogP contribution in [0.25, 0.3) is 0 Å². The number of benzene rings is 2. The molecule has 2 N–H and O–H groups in total. The molecule has 1 aliphatic rings. The Kier molecular flexibility index (Phi) is 3.52. The van der Waals surface area contributed by atoms with E-state index in [2.05, 4.69) is 45.1 Å². The zero-order valence-corrected chi connectivity index (χ0v) is 12.7. The molecule has 1 heterocycles. The minimum atomic E-state index is 0.0756. The van der Waals surface area contributed by atoms with E-state index in [9.17, 15) is 0 Å². The van der Waals surface area contributed by atoms with Crippen LogP contribution in [-0.2, 0) is 6.54 Å². The summed E-state index contributed by atoms with van der Waals surface area (Å²) in [6.45, 7) is 1.68. The van der Waals surface area contributed by atoms with Gasteiger partial charge in [-0.25, -0.2) is 0 Å². The number of fused-ring (bicyclic) bond motifs is 1. The standard InChI is InChI=1S/C15H14BrClN2/c16-11-4-5-15-13(7-11)14(18)9-19(15)8-10-2-1-3-12(17)6-10/h1-7,14H,8-9,18H2/t14-/m0/s1. The lowest BCUT2D eigenvalue weighted by atomic mass is 10.1. The van der Waals surface area contributed by atoms with Gasteiger partial charge in [-0.3, -0.25) is 0 Å². The molecule has 0 bridgehead atoms. The molecule has 19 heavy (non-hydrogen) atoms. The lowest BCUT2D eigenvalue weighted by Gasteiger charge is -2.19. The first-order chi connectivity index (χ1) is 9.13. The molecule has 2 aromatic carbocycles. The second-order valence-corrected chi connectivity index (χ2v) is 6.17. The van der Waals surface area contributed by atoms with Crippen LogP contribution in [0.4, 0.5) is 5.69 Å². The van der Waals surface area contributed by atoms with E-state index >= 15 is 0 Å². The van der Waals surface area contributed by atoms with Crippen LogP contribution in [0.15, 0.2) is 46.9 Å². The Balaban J connectivity index is 1.89. The Bertz CT molecular complexity index is 615. The van der Waals surface area contributed by atoms with Crippen molar-refractivity contribution >= 4 is 33.2 Å². The van der Waals surface area contributed by atoms with Crippen LogP contribution in [0.3, 0.4) is 0 Å². The molecule has 2 aromatic rings. The van der Waals surface area contributed by atoms with Gasteiger partial charge in [-0.2, -0.15) is 0 Å². The lowest BCUT2D eigenvalue weighted by molar-refractivity contribution is 0.720. The minimum Gasteiger partial charge on any atom is -0.365 e. The predicted octanol–water partition coefficient (Wildman–Crippen LogP) is 4.12. The van der Waals surface area contributed by atoms with Gasteiger partial charge in [-0.15, -0.1) is 0 Å². The molecule has 0 unspecified atom stereocenters. The first kappa shape index (κ1) is 13.0. The fraction of sp³-hybridized carbons (Fsp3) is 0.200. The first-order valence-electron chi connectivity index (χ1n) is 6.18. The van der Waals surface area contributed by atoms with Gasteiger partial charge < -0.3 is 10.6 Å². The van der Waals surface area contributed by atoms with Crippen molar-refractivity contribution in [1.29, 1.82) is 0 Å². The summed E-state index contributed by atoms with van der Waals surface area (Å²) in [5.74, 6) is 0. The molecular weight excluding hydrogens is 324 g/mol. The van der Waals surface area contributed by atoms with Crippen molar-refractivity contribution in [1.82, 2.24) is 0 Å². The Labute approximate surface area is 126 Å². The van der Waals surface area contributed by atoms with Crippen molar-refractivity contribution in [3.8, 4) is 0 Å². The fourth-order valence-electron chi connectivity index (χ4n) is 2.55. The monoisotopic (exact) mass is 336 g/mol. The number of rotatable bonds is 2. The average molecular weight is 338 g/mol. The van der Waals surface area contributed by atoms with E-state index in [1.165, 1.54) is 16.8 Å². The number of anilines is 1. The van der Waals surface area contributed by atoms with E-state index in [0.717, 1.165) is 22.6 Å². The van der Waals surface area contributed by atoms with E-state index in [4.69, 9.17) is 17.3 Å². The Hall–Kier alpha value is -1.03. The highest BCUT2D eigenvalue weighted by Gasteiger charge is 2.25. The largest absolute Gasteiger partial charge is 0.365 e. The summed E-state index contributed by atoms with van der Waals surface area (Å²) in [4.78, 5) is 2.30. The topological polar surface area (TPSA) is 29.3 Å². The first-order valence-corrected chi connectivity index (χ1v) is 7.35. The molecule has 1 atom stereocenters. The van der Waals surface area contributed by atoms with Gasteiger partial charge in [0.05, 0.1) is 0 Å². The number of hydrogen-bond acceptors (Lipinski definition) is 2. The van der Waals surface area contributed by atoms with Crippen molar-refractivity contribution in [2.75, 3.05) is 11.4 Å². The van der Waals surface area contributed by atoms with Crippen LogP contribution in [0.1, 0.15) is 17.2 Å². The van der Waals surface area contributed by atoms with Crippen molar-refractivity contribution in [3.05, 3.63) is 63.1 Å². The highest BCUT2D eigenvalue weighted by molar-refractivity contribution is 9.10. The Morgan fingerprint density at radius 2 is 2.11 bits per heavy atom. The van der Waals surface area contributed by atoms with Crippen molar-refractivity contribution in [2.24, 2.45) is 5.73 Å². The number of nitrogens with zero attached hydrogens (tertiary/aromatic N) is 1. The maximum Gasteiger partial charge on any atom is 0.0494 e. The molecule has 3 rings (SSSR count). The summed E-state index contributed by atoms with van der Waals surface area (Å²) in [5, 5.41) is 0.775. The number of halogens is 2. The highest BCUT2D eigenvalue weighted by Crippen LogP contribution is 2.36. The average Bonchev–Trinajstić information content (AvgIpc) is 2.66. The van der Waals surface area contributed by atoms with Crippen LogP contribution in [0, 0.1) is 0 Å². The minimum absolute atomic E-state index is 0.0756. The van der Waals surface area contributed by atoms with Gasteiger partial charge in [0.15, 0.2) is 0 Å². The lowest BCUT2D eigenvalue weighted by Crippen LogP contribution is -2.23. The molecule has 1 aliphatic heterocycles. The third kappa shape index (κ3) is 2.64. The zero-order chi connectivity index (χ0) is 13.4. The van der Waals surface area contributed by atoms with Gasteiger partial charge in [0.1, 0.15) is 0 Å². The van der Waals surface area contributed by atoms with E-state index < -0.39 is 0 Å². The zero-order valence-electron chi connectivity index (χ0n) is 10.3. The van der Waals surface area contributed by atoms with Crippen molar-refractivity contribution in [2.45, 2.75) is 12.6 Å². The highest BCUT2D eigenvalue weighted by atomic mass is 79.9. The van der Waals surface area contributed by atoms with Crippen molar-refractivity contribution < 1.29 is 0 Å². The molecule has 98 valence electrons. The van der Waals surface area contributed by atoms with Gasteiger partial charge in [0.25, 0.3) is 0 Å². The maximum atomic E-state index is 6.20. The van der Waals surface area contributed by atoms with Gasteiger partial charge in [-0.1, -0.05) is 39.7 Å². The van der Waals surface area contributed by atoms with Crippen LogP contribution in [0.5, 0.6) is 0 Å². The molecule has 0 radical (unpaired) electrons. The van der Waals surface area contributed by atoms with Crippen molar-refractivity contribution in [3.63, 3.8) is 0 Å². The second-order valence-electron chi connectivity index (χ2n) is 4.82. The van der Waals surface area contributed by atoms with Gasteiger partial charge in [0.2, 0.25) is 0 Å². The number of hydrogen-bond donors (Lipinski definition) is 1. The molecule has 0 aliphatic carbocycles. The van der Waals surface area contributed by atoms with E-state index in [-0.39, 0.29) is 6.04 Å². The molecular formula is C15H14BrClN2. The normalized spacial score (nSPS) is 17.6. The molecule has 0 saturated heterocycles. The summed E-state index contributed by atoms with van der Waals surface area (Å²) >= 11 is 9.53. The molecule has 0 amide bonds. The summed E-state index contributed by atoms with van der Waals surface area (Å²) < 4.78 is 1.08. The molecule has 0 aromatic heterocycles. The molecule has 0 fully saturated rings. The Morgan fingerprint density at radius 1 is 1.26 bits per heavy atom. The summed E-state index contributed by atoms with van der Waals surface area (Å²) in [5.41, 5.74) is 9.83. The number of nitrogens with two attached hydrogens (primary N) is 1. The van der Waals surface area contributed by atoms with Crippen LogP contribution < -0.4 is 10.6 Å². The van der Waals surface area contributed by atoms with Gasteiger partial charge in [-0.05, 0) is 41.5 Å². The van der Waals surface area contributed by atoms with Crippen LogP contribution >= 0.6 is 27.5 Å². The quantitative estimate of drug-likeness (QED) is 0.893. The molecule has 0 saturated carbocycles. The molecule has 0 spiro atoms.